The van der Waals surface area contributed by atoms with Crippen molar-refractivity contribution < 1.29 is 69.0 Å². The average Bonchev–Trinajstić information content (AvgIpc) is 3.08. The van der Waals surface area contributed by atoms with Crippen LogP contribution in [0.15, 0.2) is 60.8 Å². The molecule has 11 atom stereocenters. The molecule has 0 saturated carbocycles. The first-order chi connectivity index (χ1) is 23.6. The lowest BCUT2D eigenvalue weighted by Gasteiger charge is -2.42. The van der Waals surface area contributed by atoms with Crippen LogP contribution in [0.5, 0.6) is 0 Å². The first kappa shape index (κ1) is 42.9. The van der Waals surface area contributed by atoms with Gasteiger partial charge in [-0.3, -0.25) is 4.79 Å². The summed E-state index contributed by atoms with van der Waals surface area (Å²) in [6.07, 6.45) is 10.1. The molecule has 280 valence electrons. The van der Waals surface area contributed by atoms with E-state index in [0.717, 1.165) is 32.1 Å². The Morgan fingerprint density at radius 1 is 0.653 bits per heavy atom. The van der Waals surface area contributed by atoms with Gasteiger partial charge in [-0.05, 0) is 38.5 Å². The third kappa shape index (κ3) is 16.1. The first-order valence-electron chi connectivity index (χ1n) is 16.8. The number of esters is 1. The largest absolute Gasteiger partial charge is 0.458 e. The molecule has 0 amide bonds. The summed E-state index contributed by atoms with van der Waals surface area (Å²) in [6.45, 7) is 2.25. The molecule has 14 heteroatoms. The predicted octanol–water partition coefficient (Wildman–Crippen LogP) is 0.717. The van der Waals surface area contributed by atoms with Crippen LogP contribution in [-0.2, 0) is 33.2 Å². The van der Waals surface area contributed by atoms with Crippen LogP contribution in [0.1, 0.15) is 52.4 Å². The van der Waals surface area contributed by atoms with Gasteiger partial charge in [0.15, 0.2) is 12.6 Å². The lowest BCUT2D eigenvalue weighted by Crippen LogP contribution is -2.61. The Bertz CT molecular complexity index is 1040. The Hall–Kier alpha value is -2.31. The van der Waals surface area contributed by atoms with Gasteiger partial charge in [-0.15, -0.1) is 0 Å². The van der Waals surface area contributed by atoms with E-state index in [1.807, 2.05) is 12.2 Å². The van der Waals surface area contributed by atoms with Crippen LogP contribution in [0, 0.1) is 0 Å². The topological polar surface area (TPSA) is 214 Å². The highest BCUT2D eigenvalue weighted by atomic mass is 16.7. The quantitative estimate of drug-likeness (QED) is 0.0471. The zero-order valence-electron chi connectivity index (χ0n) is 28.4. The second-order valence-electron chi connectivity index (χ2n) is 11.7. The Kier molecular flexibility index (Phi) is 21.7. The molecule has 0 spiro atoms. The van der Waals surface area contributed by atoms with Gasteiger partial charge in [-0.1, -0.05) is 67.7 Å². The molecule has 2 aliphatic rings. The van der Waals surface area contributed by atoms with Gasteiger partial charge in [0.2, 0.25) is 0 Å². The van der Waals surface area contributed by atoms with E-state index < -0.39 is 86.7 Å². The van der Waals surface area contributed by atoms with E-state index >= 15 is 0 Å². The van der Waals surface area contributed by atoms with E-state index in [9.17, 15) is 40.5 Å². The van der Waals surface area contributed by atoms with Crippen molar-refractivity contribution in [1.29, 1.82) is 0 Å². The number of allylic oxidation sites excluding steroid dienone is 9. The molecule has 0 radical (unpaired) electrons. The van der Waals surface area contributed by atoms with Crippen LogP contribution in [0.2, 0.25) is 0 Å². The zero-order chi connectivity index (χ0) is 36.0. The lowest BCUT2D eigenvalue weighted by atomic mass is 9.98. The van der Waals surface area contributed by atoms with E-state index in [4.69, 9.17) is 28.4 Å². The molecule has 0 bridgehead atoms. The van der Waals surface area contributed by atoms with Crippen LogP contribution < -0.4 is 0 Å². The van der Waals surface area contributed by atoms with Crippen molar-refractivity contribution in [3.8, 4) is 0 Å². The number of aliphatic hydroxyl groups excluding tert-OH is 7. The maximum absolute atomic E-state index is 11.6. The van der Waals surface area contributed by atoms with E-state index in [0.29, 0.717) is 13.0 Å². The monoisotopic (exact) mass is 700 g/mol. The molecule has 2 aliphatic heterocycles. The minimum Gasteiger partial charge on any atom is -0.458 e. The summed E-state index contributed by atoms with van der Waals surface area (Å²) in [5.74, 6) is -0.582. The Labute approximate surface area is 288 Å². The minimum absolute atomic E-state index is 0.0120. The van der Waals surface area contributed by atoms with Crippen molar-refractivity contribution in [2.24, 2.45) is 0 Å². The summed E-state index contributed by atoms with van der Waals surface area (Å²) < 4.78 is 32.8. The summed E-state index contributed by atoms with van der Waals surface area (Å²) in [6, 6.07) is 0. The Morgan fingerprint density at radius 3 is 1.67 bits per heavy atom. The summed E-state index contributed by atoms with van der Waals surface area (Å²) in [4.78, 5) is 11.6. The van der Waals surface area contributed by atoms with E-state index in [2.05, 4.69) is 55.5 Å². The number of carbonyl (C=O) groups is 1. The molecule has 2 rings (SSSR count). The molecule has 7 N–H and O–H groups in total. The van der Waals surface area contributed by atoms with Crippen molar-refractivity contribution in [2.75, 3.05) is 33.0 Å². The standard InChI is InChI=1S/C35H56O14/c1-3-4-5-6-7-8-9-10-11-12-13-14-15-16-17-18-19-44-21-25(47-24(2)37)22-45-34-33(43)31(41)29(39)27(49-34)23-46-35-32(42)30(40)28(38)26(20-36)48-35/h4-5,7-8,10-11,13-14,16-17,25-36,38-43H,3,6,9,12,15,18-23H2,1-2H3/b5-4-,8-7-,11-10-,14-13-,17-16-. The third-order valence-electron chi connectivity index (χ3n) is 7.61. The second kappa shape index (κ2) is 24.8. The summed E-state index contributed by atoms with van der Waals surface area (Å²) in [5.41, 5.74) is 0. The summed E-state index contributed by atoms with van der Waals surface area (Å²) in [7, 11) is 0. The number of hydrogen-bond donors (Lipinski definition) is 7. The molecule has 14 nitrogen and oxygen atoms in total. The van der Waals surface area contributed by atoms with E-state index in [-0.39, 0.29) is 13.2 Å². The van der Waals surface area contributed by atoms with Crippen molar-refractivity contribution >= 4 is 5.97 Å². The third-order valence-corrected chi connectivity index (χ3v) is 7.61. The number of rotatable bonds is 22. The fourth-order valence-corrected chi connectivity index (χ4v) is 4.87. The van der Waals surface area contributed by atoms with Crippen LogP contribution >= 0.6 is 0 Å². The molecule has 2 fully saturated rings. The van der Waals surface area contributed by atoms with Crippen LogP contribution in [0.25, 0.3) is 0 Å². The van der Waals surface area contributed by atoms with E-state index in [1.54, 1.807) is 0 Å². The summed E-state index contributed by atoms with van der Waals surface area (Å²) in [5, 5.41) is 70.7. The number of aliphatic hydroxyl groups is 7. The lowest BCUT2D eigenvalue weighted by molar-refractivity contribution is -0.332. The van der Waals surface area contributed by atoms with Crippen LogP contribution in [-0.4, -0.2) is 142 Å². The normalized spacial score (nSPS) is 31.9. The molecular weight excluding hydrogens is 644 g/mol. The molecule has 0 aromatic rings. The highest BCUT2D eigenvalue weighted by Gasteiger charge is 2.47. The van der Waals surface area contributed by atoms with Crippen molar-refractivity contribution in [3.63, 3.8) is 0 Å². The molecule has 0 aromatic carbocycles. The number of hydrogen-bond acceptors (Lipinski definition) is 14. The highest BCUT2D eigenvalue weighted by Crippen LogP contribution is 2.26. The molecule has 2 saturated heterocycles. The molecule has 11 unspecified atom stereocenters. The van der Waals surface area contributed by atoms with Gasteiger partial charge in [0.1, 0.15) is 54.9 Å². The van der Waals surface area contributed by atoms with Crippen molar-refractivity contribution in [3.05, 3.63) is 60.8 Å². The van der Waals surface area contributed by atoms with Gasteiger partial charge in [-0.25, -0.2) is 0 Å². The molecular formula is C35H56O14. The zero-order valence-corrected chi connectivity index (χ0v) is 28.4. The summed E-state index contributed by atoms with van der Waals surface area (Å²) >= 11 is 0. The van der Waals surface area contributed by atoms with Gasteiger partial charge in [0.05, 0.1) is 33.0 Å². The van der Waals surface area contributed by atoms with Gasteiger partial charge >= 0.3 is 5.97 Å². The minimum atomic E-state index is -1.71. The van der Waals surface area contributed by atoms with Crippen molar-refractivity contribution in [2.45, 2.75) is 120 Å². The average molecular weight is 701 g/mol. The SMILES string of the molecule is CC/C=C\C/C=C\C/C=C\C/C=C\C/C=C\CCOCC(COC1OC(COC2OC(CO)C(O)C(O)C2O)C(O)C(O)C1O)OC(C)=O. The van der Waals surface area contributed by atoms with Crippen molar-refractivity contribution in [1.82, 2.24) is 0 Å². The van der Waals surface area contributed by atoms with Gasteiger partial charge in [0.25, 0.3) is 0 Å². The predicted molar refractivity (Wildman–Crippen MR) is 178 cm³/mol. The maximum atomic E-state index is 11.6. The highest BCUT2D eigenvalue weighted by molar-refractivity contribution is 5.66. The smallest absolute Gasteiger partial charge is 0.303 e. The molecule has 0 aliphatic carbocycles. The number of carbonyl (C=O) groups excluding carboxylic acids is 1. The maximum Gasteiger partial charge on any atom is 0.303 e. The number of ether oxygens (including phenoxy) is 6. The fourth-order valence-electron chi connectivity index (χ4n) is 4.87. The van der Waals surface area contributed by atoms with Gasteiger partial charge in [-0.2, -0.15) is 0 Å². The molecule has 0 aromatic heterocycles. The Morgan fingerprint density at radius 2 is 1.14 bits per heavy atom. The van der Waals surface area contributed by atoms with Crippen LogP contribution in [0.3, 0.4) is 0 Å². The molecule has 2 heterocycles. The molecule has 49 heavy (non-hydrogen) atoms. The van der Waals surface area contributed by atoms with Gasteiger partial charge < -0.3 is 64.2 Å². The Balaban J connectivity index is 1.72. The van der Waals surface area contributed by atoms with Crippen LogP contribution in [0.4, 0.5) is 0 Å². The second-order valence-corrected chi connectivity index (χ2v) is 11.7. The fraction of sp³-hybridized carbons (Fsp3) is 0.686. The first-order valence-corrected chi connectivity index (χ1v) is 16.8. The van der Waals surface area contributed by atoms with Gasteiger partial charge in [0, 0.05) is 6.92 Å². The van der Waals surface area contributed by atoms with E-state index in [1.165, 1.54) is 6.92 Å².